The quantitative estimate of drug-likeness (QED) is 0.730. The van der Waals surface area contributed by atoms with Crippen LogP contribution in [0, 0.1) is 5.92 Å². The number of fused-ring (bicyclic) bond motifs is 1. The molecule has 2 aromatic carbocycles. The molecular weight excluding hydrogens is 420 g/mol. The van der Waals surface area contributed by atoms with Crippen LogP contribution in [0.2, 0.25) is 0 Å². The maximum atomic E-state index is 13.0. The van der Waals surface area contributed by atoms with Gasteiger partial charge in [-0.3, -0.25) is 4.79 Å². The van der Waals surface area contributed by atoms with E-state index in [0.29, 0.717) is 49.8 Å². The van der Waals surface area contributed by atoms with Crippen LogP contribution in [-0.2, 0) is 14.8 Å². The lowest BCUT2D eigenvalue weighted by Crippen LogP contribution is -2.48. The van der Waals surface area contributed by atoms with E-state index in [1.54, 1.807) is 12.1 Å². The summed E-state index contributed by atoms with van der Waals surface area (Å²) in [6.07, 6.45) is 0.983. The zero-order valence-corrected chi connectivity index (χ0v) is 18.1. The summed E-state index contributed by atoms with van der Waals surface area (Å²) in [4.78, 5) is 12.9. The summed E-state index contributed by atoms with van der Waals surface area (Å²) in [7, 11) is -2.14. The monoisotopic (exact) mass is 446 g/mol. The molecule has 0 spiro atoms. The summed E-state index contributed by atoms with van der Waals surface area (Å²) in [5.74, 6) is 1.36. The van der Waals surface area contributed by atoms with Gasteiger partial charge in [0.15, 0.2) is 11.5 Å². The molecule has 0 aliphatic carbocycles. The highest BCUT2D eigenvalue weighted by Gasteiger charge is 2.33. The number of benzene rings is 2. The van der Waals surface area contributed by atoms with Crippen LogP contribution in [0.5, 0.6) is 17.2 Å². The van der Waals surface area contributed by atoms with Gasteiger partial charge in [0.2, 0.25) is 15.9 Å². The molecule has 1 saturated heterocycles. The Labute approximate surface area is 182 Å². The molecule has 2 heterocycles. The van der Waals surface area contributed by atoms with E-state index in [2.05, 4.69) is 5.32 Å². The highest BCUT2D eigenvalue weighted by molar-refractivity contribution is 7.89. The Kier molecular flexibility index (Phi) is 6.33. The number of piperidine rings is 1. The molecule has 1 amide bonds. The number of amides is 1. The van der Waals surface area contributed by atoms with Gasteiger partial charge in [0.25, 0.3) is 0 Å². The van der Waals surface area contributed by atoms with E-state index in [1.807, 2.05) is 24.3 Å². The first-order valence-electron chi connectivity index (χ1n) is 10.3. The van der Waals surface area contributed by atoms with Gasteiger partial charge in [-0.15, -0.1) is 0 Å². The van der Waals surface area contributed by atoms with Crippen LogP contribution < -0.4 is 19.5 Å². The van der Waals surface area contributed by atoms with Crippen LogP contribution in [0.4, 0.5) is 0 Å². The summed E-state index contributed by atoms with van der Waals surface area (Å²) in [6, 6.07) is 13.7. The number of ether oxygens (including phenoxy) is 3. The van der Waals surface area contributed by atoms with E-state index in [9.17, 15) is 13.2 Å². The summed E-state index contributed by atoms with van der Waals surface area (Å²) in [5.41, 5.74) is 0. The molecule has 0 aromatic heterocycles. The Morgan fingerprint density at radius 3 is 2.65 bits per heavy atom. The van der Waals surface area contributed by atoms with Crippen LogP contribution in [0.25, 0.3) is 0 Å². The highest BCUT2D eigenvalue weighted by Crippen LogP contribution is 2.31. The minimum absolute atomic E-state index is 0.158. The molecule has 0 unspecified atom stereocenters. The molecule has 2 aliphatic rings. The topological polar surface area (TPSA) is 94.2 Å². The van der Waals surface area contributed by atoms with E-state index in [1.165, 1.54) is 23.5 Å². The second-order valence-corrected chi connectivity index (χ2v) is 9.56. The van der Waals surface area contributed by atoms with Gasteiger partial charge in [0.05, 0.1) is 24.5 Å². The fourth-order valence-electron chi connectivity index (χ4n) is 3.79. The maximum Gasteiger partial charge on any atom is 0.243 e. The lowest BCUT2D eigenvalue weighted by Gasteiger charge is -2.32. The van der Waals surface area contributed by atoms with Gasteiger partial charge < -0.3 is 19.5 Å². The first-order valence-corrected chi connectivity index (χ1v) is 11.7. The first-order chi connectivity index (χ1) is 15.0. The second kappa shape index (κ2) is 9.15. The molecule has 0 radical (unpaired) electrons. The average Bonchev–Trinajstić information content (AvgIpc) is 2.82. The molecule has 2 aromatic rings. The van der Waals surface area contributed by atoms with Crippen molar-refractivity contribution in [2.45, 2.75) is 23.8 Å². The fourth-order valence-corrected chi connectivity index (χ4v) is 5.32. The van der Waals surface area contributed by atoms with Crippen molar-refractivity contribution >= 4 is 15.9 Å². The van der Waals surface area contributed by atoms with Gasteiger partial charge in [0.1, 0.15) is 18.5 Å². The molecule has 1 fully saturated rings. The minimum Gasteiger partial charge on any atom is -0.497 e. The van der Waals surface area contributed by atoms with Gasteiger partial charge in [0, 0.05) is 13.1 Å². The number of carbonyl (C=O) groups excluding carboxylic acids is 1. The van der Waals surface area contributed by atoms with E-state index in [4.69, 9.17) is 14.2 Å². The molecule has 9 heteroatoms. The third kappa shape index (κ3) is 4.77. The number of hydrogen-bond acceptors (Lipinski definition) is 6. The van der Waals surface area contributed by atoms with Crippen LogP contribution in [0.15, 0.2) is 53.4 Å². The van der Waals surface area contributed by atoms with Crippen molar-refractivity contribution in [3.05, 3.63) is 48.5 Å². The number of nitrogens with one attached hydrogen (secondary N) is 1. The summed E-state index contributed by atoms with van der Waals surface area (Å²) >= 11 is 0. The minimum atomic E-state index is -3.67. The molecule has 0 bridgehead atoms. The molecule has 2 aliphatic heterocycles. The molecular formula is C22H26N2O6S. The molecule has 2 atom stereocenters. The average molecular weight is 447 g/mol. The van der Waals surface area contributed by atoms with E-state index in [0.717, 1.165) is 0 Å². The van der Waals surface area contributed by atoms with Gasteiger partial charge in [-0.1, -0.05) is 12.1 Å². The Morgan fingerprint density at radius 1 is 1.16 bits per heavy atom. The Hall–Kier alpha value is -2.78. The lowest BCUT2D eigenvalue weighted by molar-refractivity contribution is -0.126. The first kappa shape index (κ1) is 21.5. The Bertz CT molecular complexity index is 1020. The smallest absolute Gasteiger partial charge is 0.243 e. The highest BCUT2D eigenvalue weighted by atomic mass is 32.2. The number of hydrogen-bond donors (Lipinski definition) is 1. The van der Waals surface area contributed by atoms with Crippen LogP contribution in [0.3, 0.4) is 0 Å². The second-order valence-electron chi connectivity index (χ2n) is 7.62. The lowest BCUT2D eigenvalue weighted by atomic mass is 9.99. The maximum absolute atomic E-state index is 13.0. The predicted octanol–water partition coefficient (Wildman–Crippen LogP) is 2.05. The van der Waals surface area contributed by atoms with Crippen molar-refractivity contribution in [1.82, 2.24) is 9.62 Å². The number of nitrogens with zero attached hydrogens (tertiary/aromatic N) is 1. The van der Waals surface area contributed by atoms with Gasteiger partial charge >= 0.3 is 0 Å². The predicted molar refractivity (Wildman–Crippen MR) is 114 cm³/mol. The number of carbonyl (C=O) groups is 1. The molecule has 4 rings (SSSR count). The third-order valence-corrected chi connectivity index (χ3v) is 7.40. The SMILES string of the molecule is COc1ccc(S(=O)(=O)N2CCC[C@@H](C(=O)NC[C@H]3COc4ccccc4O3)C2)cc1. The van der Waals surface area contributed by atoms with Crippen molar-refractivity contribution in [2.24, 2.45) is 5.92 Å². The summed E-state index contributed by atoms with van der Waals surface area (Å²) in [5, 5.41) is 2.90. The Balaban J connectivity index is 1.34. The van der Waals surface area contributed by atoms with E-state index < -0.39 is 15.9 Å². The molecule has 8 nitrogen and oxygen atoms in total. The van der Waals surface area contributed by atoms with Crippen molar-refractivity contribution in [3.8, 4) is 17.2 Å². The largest absolute Gasteiger partial charge is 0.497 e. The fraction of sp³-hybridized carbons (Fsp3) is 0.409. The van der Waals surface area contributed by atoms with Crippen molar-refractivity contribution < 1.29 is 27.4 Å². The van der Waals surface area contributed by atoms with Crippen LogP contribution in [0.1, 0.15) is 12.8 Å². The van der Waals surface area contributed by atoms with Gasteiger partial charge in [-0.2, -0.15) is 4.31 Å². The van der Waals surface area contributed by atoms with Crippen molar-refractivity contribution in [1.29, 1.82) is 0 Å². The number of sulfonamides is 1. The zero-order chi connectivity index (χ0) is 21.8. The summed E-state index contributed by atoms with van der Waals surface area (Å²) in [6.45, 7) is 1.20. The number of rotatable bonds is 6. The normalized spacial score (nSPS) is 21.3. The summed E-state index contributed by atoms with van der Waals surface area (Å²) < 4.78 is 44.0. The number of para-hydroxylation sites is 2. The van der Waals surface area contributed by atoms with E-state index >= 15 is 0 Å². The molecule has 1 N–H and O–H groups in total. The molecule has 0 saturated carbocycles. The zero-order valence-electron chi connectivity index (χ0n) is 17.3. The molecule has 31 heavy (non-hydrogen) atoms. The number of methoxy groups -OCH3 is 1. The third-order valence-electron chi connectivity index (χ3n) is 5.52. The standard InChI is InChI=1S/C22H26N2O6S/c1-28-17-8-10-19(11-9-17)31(26,27)24-12-4-5-16(14-24)22(25)23-13-18-15-29-20-6-2-3-7-21(20)30-18/h2-3,6-11,16,18H,4-5,12-15H2,1H3,(H,23,25)/t16-,18+/m1/s1. The van der Waals surface area contributed by atoms with Crippen molar-refractivity contribution in [2.75, 3.05) is 33.4 Å². The van der Waals surface area contributed by atoms with E-state index in [-0.39, 0.29) is 23.5 Å². The van der Waals surface area contributed by atoms with Crippen LogP contribution >= 0.6 is 0 Å². The van der Waals surface area contributed by atoms with Crippen LogP contribution in [-0.4, -0.2) is 58.1 Å². The molecule has 166 valence electrons. The van der Waals surface area contributed by atoms with Crippen molar-refractivity contribution in [3.63, 3.8) is 0 Å². The van der Waals surface area contributed by atoms with Gasteiger partial charge in [-0.05, 0) is 49.2 Å². The Morgan fingerprint density at radius 2 is 1.90 bits per heavy atom. The van der Waals surface area contributed by atoms with Gasteiger partial charge in [-0.25, -0.2) is 8.42 Å².